The molecule has 17 heavy (non-hydrogen) atoms. The summed E-state index contributed by atoms with van der Waals surface area (Å²) in [6, 6.07) is 1.02. The van der Waals surface area contributed by atoms with Gasteiger partial charge in [0.15, 0.2) is 5.69 Å². The summed E-state index contributed by atoms with van der Waals surface area (Å²) in [5, 5.41) is 3.53. The molecule has 96 valence electrons. The maximum atomic E-state index is 12.3. The smallest absolute Gasteiger partial charge is 0.301 e. The number of alkyl halides is 3. The summed E-state index contributed by atoms with van der Waals surface area (Å²) in [7, 11) is 0. The second-order valence-electron chi connectivity index (χ2n) is 4.36. The first-order valence-electron chi connectivity index (χ1n) is 5.89. The van der Waals surface area contributed by atoms with Crippen LogP contribution in [-0.2, 0) is 12.7 Å². The van der Waals surface area contributed by atoms with Gasteiger partial charge in [0.25, 0.3) is 0 Å². The number of hydrogen-bond acceptors (Lipinski definition) is 2. The average Bonchev–Trinajstić information content (AvgIpc) is 2.76. The molecule has 6 heteroatoms. The van der Waals surface area contributed by atoms with Gasteiger partial charge < -0.3 is 4.90 Å². The molecule has 2 rings (SSSR count). The Bertz CT molecular complexity index is 353. The molecule has 1 aromatic heterocycles. The third-order valence-electron chi connectivity index (χ3n) is 3.03. The van der Waals surface area contributed by atoms with Crippen LogP contribution in [0.2, 0.25) is 0 Å². The van der Waals surface area contributed by atoms with Gasteiger partial charge in [-0.05, 0) is 32.0 Å². The molecule has 1 aliphatic heterocycles. The highest BCUT2D eigenvalue weighted by molar-refractivity contribution is 5.03. The molecule has 0 aromatic carbocycles. The van der Waals surface area contributed by atoms with E-state index in [-0.39, 0.29) is 0 Å². The van der Waals surface area contributed by atoms with Crippen molar-refractivity contribution in [1.82, 2.24) is 14.7 Å². The van der Waals surface area contributed by atoms with Crippen molar-refractivity contribution in [2.45, 2.75) is 32.0 Å². The van der Waals surface area contributed by atoms with Crippen molar-refractivity contribution in [3.8, 4) is 0 Å². The Morgan fingerprint density at radius 3 is 2.41 bits per heavy atom. The molecule has 0 saturated carbocycles. The zero-order chi connectivity index (χ0) is 12.3. The summed E-state index contributed by atoms with van der Waals surface area (Å²) >= 11 is 0. The van der Waals surface area contributed by atoms with Gasteiger partial charge in [-0.3, -0.25) is 4.68 Å². The minimum absolute atomic E-state index is 0.524. The topological polar surface area (TPSA) is 21.1 Å². The molecule has 1 saturated heterocycles. The van der Waals surface area contributed by atoms with Crippen LogP contribution >= 0.6 is 0 Å². The summed E-state index contributed by atoms with van der Waals surface area (Å²) in [5.41, 5.74) is -0.809. The Hall–Kier alpha value is -1.04. The molecule has 0 aliphatic carbocycles. The first-order chi connectivity index (χ1) is 8.05. The van der Waals surface area contributed by atoms with Crippen LogP contribution in [0.1, 0.15) is 25.0 Å². The molecule has 2 heterocycles. The number of piperidine rings is 1. The Labute approximate surface area is 98.2 Å². The van der Waals surface area contributed by atoms with Gasteiger partial charge >= 0.3 is 6.18 Å². The summed E-state index contributed by atoms with van der Waals surface area (Å²) in [6.45, 7) is 3.40. The minimum Gasteiger partial charge on any atom is -0.301 e. The highest BCUT2D eigenvalue weighted by Crippen LogP contribution is 2.27. The molecule has 3 nitrogen and oxygen atoms in total. The summed E-state index contributed by atoms with van der Waals surface area (Å²) in [6.07, 6.45) is 0.694. The SMILES string of the molecule is FC(F)(F)c1ccn(CCN2CCCCC2)n1. The first-order valence-corrected chi connectivity index (χ1v) is 5.89. The first kappa shape index (κ1) is 12.4. The molecule has 0 spiro atoms. The lowest BCUT2D eigenvalue weighted by molar-refractivity contribution is -0.141. The summed E-state index contributed by atoms with van der Waals surface area (Å²) in [5.74, 6) is 0. The van der Waals surface area contributed by atoms with Crippen molar-refractivity contribution in [3.63, 3.8) is 0 Å². The maximum Gasteiger partial charge on any atom is 0.435 e. The molecule has 0 atom stereocenters. The monoisotopic (exact) mass is 247 g/mol. The Morgan fingerprint density at radius 1 is 1.12 bits per heavy atom. The molecule has 1 aromatic rings. The van der Waals surface area contributed by atoms with Gasteiger partial charge in [-0.25, -0.2) is 0 Å². The number of rotatable bonds is 3. The lowest BCUT2D eigenvalue weighted by Crippen LogP contribution is -2.32. The lowest BCUT2D eigenvalue weighted by Gasteiger charge is -2.26. The molecule has 1 fully saturated rings. The van der Waals surface area contributed by atoms with Gasteiger partial charge in [0, 0.05) is 12.7 Å². The highest BCUT2D eigenvalue weighted by Gasteiger charge is 2.33. The van der Waals surface area contributed by atoms with Crippen LogP contribution in [0, 0.1) is 0 Å². The summed E-state index contributed by atoms with van der Waals surface area (Å²) in [4.78, 5) is 2.28. The largest absolute Gasteiger partial charge is 0.435 e. The fraction of sp³-hybridized carbons (Fsp3) is 0.727. The van der Waals surface area contributed by atoms with E-state index in [1.807, 2.05) is 0 Å². The van der Waals surface area contributed by atoms with Gasteiger partial charge in [-0.15, -0.1) is 0 Å². The van der Waals surface area contributed by atoms with Crippen LogP contribution < -0.4 is 0 Å². The fourth-order valence-corrected chi connectivity index (χ4v) is 2.06. The lowest BCUT2D eigenvalue weighted by atomic mass is 10.1. The van der Waals surface area contributed by atoms with Crippen LogP contribution in [0.4, 0.5) is 13.2 Å². The van der Waals surface area contributed by atoms with Gasteiger partial charge in [0.2, 0.25) is 0 Å². The van der Waals surface area contributed by atoms with Crippen LogP contribution in [-0.4, -0.2) is 34.3 Å². The molecule has 0 unspecified atom stereocenters. The predicted octanol–water partition coefficient (Wildman–Crippen LogP) is 2.39. The van der Waals surface area contributed by atoms with E-state index in [9.17, 15) is 13.2 Å². The second kappa shape index (κ2) is 5.08. The van der Waals surface area contributed by atoms with E-state index in [4.69, 9.17) is 0 Å². The fourth-order valence-electron chi connectivity index (χ4n) is 2.06. The third kappa shape index (κ3) is 3.46. The van der Waals surface area contributed by atoms with Crippen LogP contribution in [0.15, 0.2) is 12.3 Å². The zero-order valence-electron chi connectivity index (χ0n) is 9.58. The zero-order valence-corrected chi connectivity index (χ0v) is 9.58. The van der Waals surface area contributed by atoms with Crippen LogP contribution in [0.25, 0.3) is 0 Å². The number of nitrogens with zero attached hydrogens (tertiary/aromatic N) is 3. The van der Waals surface area contributed by atoms with E-state index in [1.54, 1.807) is 0 Å². The Morgan fingerprint density at radius 2 is 1.82 bits per heavy atom. The summed E-state index contributed by atoms with van der Waals surface area (Å²) < 4.78 is 38.3. The quantitative estimate of drug-likeness (QED) is 0.817. The van der Waals surface area contributed by atoms with Crippen molar-refractivity contribution in [1.29, 1.82) is 0 Å². The maximum absolute atomic E-state index is 12.3. The number of hydrogen-bond donors (Lipinski definition) is 0. The Balaban J connectivity index is 1.84. The number of halogens is 3. The number of aromatic nitrogens is 2. The average molecular weight is 247 g/mol. The van der Waals surface area contributed by atoms with Crippen molar-refractivity contribution < 1.29 is 13.2 Å². The standard InChI is InChI=1S/C11H16F3N3/c12-11(13,14)10-4-7-17(15-10)9-8-16-5-2-1-3-6-16/h4,7H,1-3,5-6,8-9H2. The van der Waals surface area contributed by atoms with Gasteiger partial charge in [0.1, 0.15) is 0 Å². The van der Waals surface area contributed by atoms with E-state index in [0.29, 0.717) is 6.54 Å². The van der Waals surface area contributed by atoms with E-state index in [0.717, 1.165) is 25.7 Å². The minimum atomic E-state index is -4.34. The van der Waals surface area contributed by atoms with Crippen LogP contribution in [0.5, 0.6) is 0 Å². The van der Waals surface area contributed by atoms with E-state index < -0.39 is 11.9 Å². The van der Waals surface area contributed by atoms with Crippen molar-refractivity contribution in [2.75, 3.05) is 19.6 Å². The van der Waals surface area contributed by atoms with E-state index >= 15 is 0 Å². The molecule has 0 radical (unpaired) electrons. The molecular weight excluding hydrogens is 231 g/mol. The molecule has 0 N–H and O–H groups in total. The van der Waals surface area contributed by atoms with E-state index in [2.05, 4.69) is 10.00 Å². The van der Waals surface area contributed by atoms with Crippen molar-refractivity contribution in [2.24, 2.45) is 0 Å². The second-order valence-corrected chi connectivity index (χ2v) is 4.36. The van der Waals surface area contributed by atoms with Crippen molar-refractivity contribution >= 4 is 0 Å². The molecular formula is C11H16F3N3. The Kier molecular flexibility index (Phi) is 3.71. The van der Waals surface area contributed by atoms with Crippen molar-refractivity contribution in [3.05, 3.63) is 18.0 Å². The molecule has 0 bridgehead atoms. The third-order valence-corrected chi connectivity index (χ3v) is 3.03. The van der Waals surface area contributed by atoms with E-state index in [1.165, 1.54) is 30.1 Å². The predicted molar refractivity (Wildman–Crippen MR) is 57.5 cm³/mol. The van der Waals surface area contributed by atoms with Crippen LogP contribution in [0.3, 0.4) is 0 Å². The van der Waals surface area contributed by atoms with Gasteiger partial charge in [0.05, 0.1) is 6.54 Å². The molecule has 1 aliphatic rings. The number of likely N-dealkylation sites (tertiary alicyclic amines) is 1. The molecule has 0 amide bonds. The van der Waals surface area contributed by atoms with Gasteiger partial charge in [-0.1, -0.05) is 6.42 Å². The highest BCUT2D eigenvalue weighted by atomic mass is 19.4. The van der Waals surface area contributed by atoms with Gasteiger partial charge in [-0.2, -0.15) is 18.3 Å². The normalized spacial score (nSPS) is 18.5.